The Morgan fingerprint density at radius 2 is 1.32 bits per heavy atom. The van der Waals surface area contributed by atoms with Crippen molar-refractivity contribution in [3.05, 3.63) is 60.7 Å². The smallest absolute Gasteiger partial charge is 0.395 e. The Hall–Kier alpha value is -1.81. The first-order valence-electron chi connectivity index (χ1n) is 6.96. The monoisotopic (exact) mass is 321 g/mol. The lowest BCUT2D eigenvalue weighted by molar-refractivity contribution is 0.190. The molecule has 0 aromatic heterocycles. The Morgan fingerprint density at radius 1 is 0.864 bits per heavy atom. The fraction of sp³-hybridized carbons (Fsp3) is 0.250. The maximum absolute atomic E-state index is 12.8. The third-order valence-corrected chi connectivity index (χ3v) is 4.08. The van der Waals surface area contributed by atoms with Gasteiger partial charge in [-0.25, -0.2) is 4.57 Å². The fourth-order valence-corrected chi connectivity index (χ4v) is 2.84. The van der Waals surface area contributed by atoms with Gasteiger partial charge in [0.2, 0.25) is 0 Å². The Labute approximate surface area is 131 Å². The first-order chi connectivity index (χ1) is 10.6. The predicted molar refractivity (Wildman–Crippen MR) is 86.3 cm³/mol. The molecule has 0 bridgehead atoms. The molecule has 0 radical (unpaired) electrons. The van der Waals surface area contributed by atoms with Crippen molar-refractivity contribution in [1.29, 1.82) is 0 Å². The topological polar surface area (TPSA) is 48.0 Å². The third-order valence-electron chi connectivity index (χ3n) is 2.71. The van der Waals surface area contributed by atoms with Crippen molar-refractivity contribution in [1.82, 2.24) is 4.90 Å². The van der Waals surface area contributed by atoms with Crippen LogP contribution < -0.4 is 9.05 Å². The Balaban J connectivity index is 2.10. The largest absolute Gasteiger partial charge is 0.587 e. The molecule has 0 saturated carbocycles. The zero-order chi connectivity index (χ0) is 15.8. The first-order valence-corrected chi connectivity index (χ1v) is 8.42. The minimum Gasteiger partial charge on any atom is -0.395 e. The lowest BCUT2D eigenvalue weighted by atomic mass is 10.3. The molecule has 0 saturated heterocycles. The second-order valence-corrected chi connectivity index (χ2v) is 6.41. The van der Waals surface area contributed by atoms with Crippen LogP contribution in [-0.4, -0.2) is 32.1 Å². The third kappa shape index (κ3) is 5.53. The van der Waals surface area contributed by atoms with Crippen molar-refractivity contribution in [2.45, 2.75) is 0 Å². The number of rotatable bonds is 8. The molecule has 2 rings (SSSR count). The van der Waals surface area contributed by atoms with Gasteiger partial charge in [0.25, 0.3) is 0 Å². The van der Waals surface area contributed by atoms with Crippen LogP contribution in [0.2, 0.25) is 0 Å². The summed E-state index contributed by atoms with van der Waals surface area (Å²) in [7, 11) is 0.0682. The number of nitrogens with zero attached hydrogens (tertiary/aromatic N) is 1. The maximum Gasteiger partial charge on any atom is 0.587 e. The number of hydrogen-bond donors (Lipinski definition) is 0. The fourth-order valence-electron chi connectivity index (χ4n) is 1.63. The van der Waals surface area contributed by atoms with Crippen LogP contribution in [0.3, 0.4) is 0 Å². The highest BCUT2D eigenvalue weighted by molar-refractivity contribution is 7.49. The van der Waals surface area contributed by atoms with Gasteiger partial charge >= 0.3 is 7.82 Å². The highest BCUT2D eigenvalue weighted by Gasteiger charge is 2.30. The van der Waals surface area contributed by atoms with Crippen LogP contribution >= 0.6 is 7.82 Å². The number of likely N-dealkylation sites (N-methyl/N-ethyl adjacent to an activating group) is 1. The molecule has 0 aliphatic rings. The van der Waals surface area contributed by atoms with Gasteiger partial charge in [-0.1, -0.05) is 36.4 Å². The van der Waals surface area contributed by atoms with Gasteiger partial charge in [-0.3, -0.25) is 4.52 Å². The van der Waals surface area contributed by atoms with Crippen LogP contribution in [-0.2, 0) is 9.09 Å². The predicted octanol–water partition coefficient (Wildman–Crippen LogP) is 3.83. The summed E-state index contributed by atoms with van der Waals surface area (Å²) in [5.41, 5.74) is 0. The lowest BCUT2D eigenvalue weighted by Gasteiger charge is -2.20. The van der Waals surface area contributed by atoms with Crippen molar-refractivity contribution >= 4 is 7.82 Å². The highest BCUT2D eigenvalue weighted by atomic mass is 31.2. The number of benzene rings is 2. The molecular formula is C16H20NO4P. The van der Waals surface area contributed by atoms with E-state index in [4.69, 9.17) is 13.6 Å². The van der Waals surface area contributed by atoms with E-state index in [0.717, 1.165) is 0 Å². The van der Waals surface area contributed by atoms with Crippen LogP contribution in [0.15, 0.2) is 60.7 Å². The Morgan fingerprint density at radius 3 is 1.73 bits per heavy atom. The normalized spacial score (nSPS) is 11.4. The molecule has 0 aliphatic heterocycles. The van der Waals surface area contributed by atoms with Gasteiger partial charge in [-0.15, -0.1) is 0 Å². The quantitative estimate of drug-likeness (QED) is 0.692. The van der Waals surface area contributed by atoms with Crippen molar-refractivity contribution in [3.63, 3.8) is 0 Å². The summed E-state index contributed by atoms with van der Waals surface area (Å²) in [6.07, 6.45) is 0. The summed E-state index contributed by atoms with van der Waals surface area (Å²) in [5.74, 6) is 0.873. The van der Waals surface area contributed by atoms with Gasteiger partial charge in [0.15, 0.2) is 0 Å². The van der Waals surface area contributed by atoms with E-state index in [2.05, 4.69) is 0 Å². The number of para-hydroxylation sites is 2. The van der Waals surface area contributed by atoms with Crippen LogP contribution in [0, 0.1) is 0 Å². The molecule has 0 atom stereocenters. The zero-order valence-electron chi connectivity index (χ0n) is 12.7. The number of phosphoric ester groups is 1. The van der Waals surface area contributed by atoms with Gasteiger partial charge in [0.05, 0.1) is 6.61 Å². The summed E-state index contributed by atoms with van der Waals surface area (Å²) >= 11 is 0. The summed E-state index contributed by atoms with van der Waals surface area (Å²) in [6.45, 7) is 0.851. The SMILES string of the molecule is CN(C)CCOP(=O)(Oc1ccccc1)Oc1ccccc1. The van der Waals surface area contributed by atoms with Crippen molar-refractivity contribution in [3.8, 4) is 11.5 Å². The van der Waals surface area contributed by atoms with Crippen molar-refractivity contribution < 1.29 is 18.1 Å². The average molecular weight is 321 g/mol. The minimum atomic E-state index is -3.75. The molecule has 0 fully saturated rings. The van der Waals surface area contributed by atoms with Gasteiger partial charge < -0.3 is 13.9 Å². The summed E-state index contributed by atoms with van der Waals surface area (Å²) in [6, 6.07) is 17.7. The Kier molecular flexibility index (Phi) is 6.01. The molecular weight excluding hydrogens is 301 g/mol. The molecule has 118 valence electrons. The second kappa shape index (κ2) is 7.99. The van der Waals surface area contributed by atoms with Gasteiger partial charge in [-0.05, 0) is 38.4 Å². The molecule has 0 aliphatic carbocycles. The van der Waals surface area contributed by atoms with E-state index < -0.39 is 7.82 Å². The van der Waals surface area contributed by atoms with E-state index in [1.807, 2.05) is 31.1 Å². The maximum atomic E-state index is 12.8. The van der Waals surface area contributed by atoms with E-state index in [1.165, 1.54) is 0 Å². The van der Waals surface area contributed by atoms with Gasteiger partial charge in [0, 0.05) is 6.54 Å². The van der Waals surface area contributed by atoms with Crippen LogP contribution in [0.5, 0.6) is 11.5 Å². The minimum absolute atomic E-state index is 0.240. The molecule has 2 aromatic rings. The standard InChI is InChI=1S/C16H20NO4P/c1-17(2)13-14-19-22(18,20-15-9-5-3-6-10-15)21-16-11-7-4-8-12-16/h3-12H,13-14H2,1-2H3. The second-order valence-electron chi connectivity index (χ2n) is 4.89. The van der Waals surface area contributed by atoms with Gasteiger partial charge in [0.1, 0.15) is 11.5 Å². The highest BCUT2D eigenvalue weighted by Crippen LogP contribution is 2.49. The van der Waals surface area contributed by atoms with Crippen LogP contribution in [0.4, 0.5) is 0 Å². The van der Waals surface area contributed by atoms with Crippen LogP contribution in [0.1, 0.15) is 0 Å². The summed E-state index contributed by atoms with van der Waals surface area (Å²) in [4.78, 5) is 1.93. The molecule has 0 heterocycles. The average Bonchev–Trinajstić information content (AvgIpc) is 2.48. The van der Waals surface area contributed by atoms with E-state index in [9.17, 15) is 4.57 Å². The molecule has 5 nitrogen and oxygen atoms in total. The molecule has 22 heavy (non-hydrogen) atoms. The summed E-state index contributed by atoms with van der Waals surface area (Å²) < 4.78 is 29.2. The number of hydrogen-bond acceptors (Lipinski definition) is 5. The van der Waals surface area contributed by atoms with E-state index in [-0.39, 0.29) is 6.61 Å². The van der Waals surface area contributed by atoms with Crippen LogP contribution in [0.25, 0.3) is 0 Å². The molecule has 6 heteroatoms. The number of phosphoric acid groups is 1. The molecule has 0 spiro atoms. The van der Waals surface area contributed by atoms with E-state index in [1.54, 1.807) is 48.5 Å². The Bertz CT molecular complexity index is 559. The van der Waals surface area contributed by atoms with Gasteiger partial charge in [-0.2, -0.15) is 0 Å². The molecule has 0 amide bonds. The van der Waals surface area contributed by atoms with E-state index >= 15 is 0 Å². The zero-order valence-corrected chi connectivity index (χ0v) is 13.6. The molecule has 0 unspecified atom stereocenters. The first kappa shape index (κ1) is 16.6. The van der Waals surface area contributed by atoms with Crippen molar-refractivity contribution in [2.24, 2.45) is 0 Å². The lowest BCUT2D eigenvalue weighted by Crippen LogP contribution is -2.19. The van der Waals surface area contributed by atoms with E-state index in [0.29, 0.717) is 18.0 Å². The summed E-state index contributed by atoms with van der Waals surface area (Å²) in [5, 5.41) is 0. The molecule has 0 N–H and O–H groups in total. The molecule has 2 aromatic carbocycles. The van der Waals surface area contributed by atoms with Crippen molar-refractivity contribution in [2.75, 3.05) is 27.2 Å².